The zero-order valence-corrected chi connectivity index (χ0v) is 11.8. The van der Waals surface area contributed by atoms with Crippen molar-refractivity contribution in [3.8, 4) is 5.75 Å². The van der Waals surface area contributed by atoms with Crippen molar-refractivity contribution < 1.29 is 14.3 Å². The van der Waals surface area contributed by atoms with Crippen LogP contribution in [0.1, 0.15) is 38.1 Å². The van der Waals surface area contributed by atoms with E-state index in [1.807, 2.05) is 19.9 Å². The standard InChI is InChI=1S/C14H22N2O3/c1-4-6-13(14(17)18-5-2)19-12-8-7-10(3)16-11(12)9-15/h7-8,13H,4-6,9,15H2,1-3H3. The number of hydrogen-bond donors (Lipinski definition) is 1. The Morgan fingerprint density at radius 2 is 2.16 bits per heavy atom. The molecule has 2 N–H and O–H groups in total. The Labute approximate surface area is 114 Å². The summed E-state index contributed by atoms with van der Waals surface area (Å²) >= 11 is 0. The Kier molecular flexibility index (Phi) is 6.29. The van der Waals surface area contributed by atoms with Crippen LogP contribution < -0.4 is 10.5 Å². The van der Waals surface area contributed by atoms with Crippen LogP contribution in [0.15, 0.2) is 12.1 Å². The summed E-state index contributed by atoms with van der Waals surface area (Å²) in [4.78, 5) is 16.1. The summed E-state index contributed by atoms with van der Waals surface area (Å²) in [6.45, 7) is 6.28. The highest BCUT2D eigenvalue weighted by Crippen LogP contribution is 2.20. The first-order chi connectivity index (χ1) is 9.12. The van der Waals surface area contributed by atoms with E-state index in [0.717, 1.165) is 12.1 Å². The maximum absolute atomic E-state index is 11.8. The molecule has 0 fully saturated rings. The van der Waals surface area contributed by atoms with Crippen molar-refractivity contribution in [1.29, 1.82) is 0 Å². The number of rotatable bonds is 7. The predicted molar refractivity (Wildman–Crippen MR) is 72.8 cm³/mol. The molecule has 0 saturated carbocycles. The molecule has 1 rings (SSSR count). The lowest BCUT2D eigenvalue weighted by molar-refractivity contribution is -0.151. The molecule has 0 spiro atoms. The van der Waals surface area contributed by atoms with Crippen molar-refractivity contribution in [1.82, 2.24) is 4.98 Å². The summed E-state index contributed by atoms with van der Waals surface area (Å²) in [7, 11) is 0. The maximum atomic E-state index is 11.8. The van der Waals surface area contributed by atoms with Gasteiger partial charge in [-0.3, -0.25) is 4.98 Å². The summed E-state index contributed by atoms with van der Waals surface area (Å²) in [6, 6.07) is 3.63. The fourth-order valence-corrected chi connectivity index (χ4v) is 1.73. The topological polar surface area (TPSA) is 74.4 Å². The molecule has 106 valence electrons. The van der Waals surface area contributed by atoms with Gasteiger partial charge in [0.2, 0.25) is 0 Å². The summed E-state index contributed by atoms with van der Waals surface area (Å²) in [5, 5.41) is 0. The molecule has 1 unspecified atom stereocenters. The van der Waals surface area contributed by atoms with Crippen LogP contribution in [0, 0.1) is 6.92 Å². The molecule has 5 nitrogen and oxygen atoms in total. The molecule has 0 aliphatic rings. The van der Waals surface area contributed by atoms with Crippen molar-refractivity contribution >= 4 is 5.97 Å². The first-order valence-corrected chi connectivity index (χ1v) is 6.62. The minimum Gasteiger partial charge on any atom is -0.477 e. The van der Waals surface area contributed by atoms with E-state index < -0.39 is 6.10 Å². The van der Waals surface area contributed by atoms with Gasteiger partial charge in [-0.2, -0.15) is 0 Å². The maximum Gasteiger partial charge on any atom is 0.347 e. The number of aryl methyl sites for hydroxylation is 1. The third kappa shape index (κ3) is 4.52. The van der Waals surface area contributed by atoms with Crippen LogP contribution >= 0.6 is 0 Å². The first-order valence-electron chi connectivity index (χ1n) is 6.62. The molecule has 0 aliphatic carbocycles. The molecule has 0 bridgehead atoms. The van der Waals surface area contributed by atoms with E-state index in [4.69, 9.17) is 15.2 Å². The smallest absolute Gasteiger partial charge is 0.347 e. The zero-order valence-electron chi connectivity index (χ0n) is 11.8. The Morgan fingerprint density at radius 3 is 2.74 bits per heavy atom. The Morgan fingerprint density at radius 1 is 1.42 bits per heavy atom. The minimum absolute atomic E-state index is 0.276. The number of nitrogens with zero attached hydrogens (tertiary/aromatic N) is 1. The SMILES string of the molecule is CCCC(Oc1ccc(C)nc1CN)C(=O)OCC. The lowest BCUT2D eigenvalue weighted by Crippen LogP contribution is -2.30. The van der Waals surface area contributed by atoms with Crippen LogP contribution in [-0.2, 0) is 16.1 Å². The Bertz CT molecular complexity index is 421. The normalized spacial score (nSPS) is 12.0. The lowest BCUT2D eigenvalue weighted by atomic mass is 10.2. The second-order valence-corrected chi connectivity index (χ2v) is 4.25. The predicted octanol–water partition coefficient (Wildman–Crippen LogP) is 1.96. The van der Waals surface area contributed by atoms with Gasteiger partial charge in [-0.05, 0) is 32.4 Å². The van der Waals surface area contributed by atoms with Gasteiger partial charge in [0.1, 0.15) is 5.75 Å². The minimum atomic E-state index is -0.597. The molecule has 19 heavy (non-hydrogen) atoms. The van der Waals surface area contributed by atoms with Gasteiger partial charge in [0.25, 0.3) is 0 Å². The van der Waals surface area contributed by atoms with Crippen molar-refractivity contribution in [2.24, 2.45) is 5.73 Å². The molecule has 5 heteroatoms. The van der Waals surface area contributed by atoms with Crippen molar-refractivity contribution in [2.45, 2.75) is 46.3 Å². The van der Waals surface area contributed by atoms with Crippen LogP contribution in [-0.4, -0.2) is 23.7 Å². The summed E-state index contributed by atoms with van der Waals surface area (Å²) in [5.74, 6) is 0.215. The second-order valence-electron chi connectivity index (χ2n) is 4.25. The van der Waals surface area contributed by atoms with Crippen LogP contribution in [0.4, 0.5) is 0 Å². The van der Waals surface area contributed by atoms with Gasteiger partial charge >= 0.3 is 5.97 Å². The van der Waals surface area contributed by atoms with Gasteiger partial charge in [-0.1, -0.05) is 13.3 Å². The molecule has 0 aliphatic heterocycles. The van der Waals surface area contributed by atoms with Gasteiger partial charge in [0, 0.05) is 12.2 Å². The van der Waals surface area contributed by atoms with Gasteiger partial charge in [0.15, 0.2) is 6.10 Å². The molecule has 0 saturated heterocycles. The van der Waals surface area contributed by atoms with Gasteiger partial charge in [-0.15, -0.1) is 0 Å². The molecule has 1 heterocycles. The molecular formula is C14H22N2O3. The number of aromatic nitrogens is 1. The number of carbonyl (C=O) groups is 1. The third-order valence-electron chi connectivity index (χ3n) is 2.63. The quantitative estimate of drug-likeness (QED) is 0.764. The van der Waals surface area contributed by atoms with Crippen LogP contribution in [0.5, 0.6) is 5.75 Å². The average molecular weight is 266 g/mol. The van der Waals surface area contributed by atoms with E-state index in [1.165, 1.54) is 0 Å². The van der Waals surface area contributed by atoms with E-state index in [2.05, 4.69) is 4.98 Å². The van der Waals surface area contributed by atoms with Crippen LogP contribution in [0.2, 0.25) is 0 Å². The first kappa shape index (κ1) is 15.4. The second kappa shape index (κ2) is 7.74. The molecule has 0 aromatic carbocycles. The fraction of sp³-hybridized carbons (Fsp3) is 0.571. The van der Waals surface area contributed by atoms with Crippen molar-refractivity contribution in [3.05, 3.63) is 23.5 Å². The number of esters is 1. The summed E-state index contributed by atoms with van der Waals surface area (Å²) < 4.78 is 10.7. The highest BCUT2D eigenvalue weighted by atomic mass is 16.6. The zero-order chi connectivity index (χ0) is 14.3. The van der Waals surface area contributed by atoms with E-state index in [9.17, 15) is 4.79 Å². The van der Waals surface area contributed by atoms with E-state index in [0.29, 0.717) is 24.5 Å². The Balaban J connectivity index is 2.86. The van der Waals surface area contributed by atoms with E-state index >= 15 is 0 Å². The number of nitrogens with two attached hydrogens (primary N) is 1. The Hall–Kier alpha value is -1.62. The number of ether oxygens (including phenoxy) is 2. The third-order valence-corrected chi connectivity index (χ3v) is 2.63. The summed E-state index contributed by atoms with van der Waals surface area (Å²) in [5.41, 5.74) is 7.17. The molecule has 0 radical (unpaired) electrons. The van der Waals surface area contributed by atoms with Gasteiger partial charge in [0.05, 0.1) is 12.3 Å². The van der Waals surface area contributed by atoms with Crippen molar-refractivity contribution in [3.63, 3.8) is 0 Å². The largest absolute Gasteiger partial charge is 0.477 e. The highest BCUT2D eigenvalue weighted by Gasteiger charge is 2.22. The van der Waals surface area contributed by atoms with Crippen LogP contribution in [0.3, 0.4) is 0 Å². The van der Waals surface area contributed by atoms with Gasteiger partial charge < -0.3 is 15.2 Å². The fourth-order valence-electron chi connectivity index (χ4n) is 1.73. The number of hydrogen-bond acceptors (Lipinski definition) is 5. The summed E-state index contributed by atoms with van der Waals surface area (Å²) in [6.07, 6.45) is 0.844. The van der Waals surface area contributed by atoms with E-state index in [1.54, 1.807) is 13.0 Å². The molecular weight excluding hydrogens is 244 g/mol. The molecule has 0 amide bonds. The van der Waals surface area contributed by atoms with E-state index in [-0.39, 0.29) is 12.5 Å². The monoisotopic (exact) mass is 266 g/mol. The van der Waals surface area contributed by atoms with Crippen LogP contribution in [0.25, 0.3) is 0 Å². The molecule has 1 atom stereocenters. The van der Waals surface area contributed by atoms with Gasteiger partial charge in [-0.25, -0.2) is 4.79 Å². The number of pyridine rings is 1. The number of carbonyl (C=O) groups excluding carboxylic acids is 1. The lowest BCUT2D eigenvalue weighted by Gasteiger charge is -2.18. The van der Waals surface area contributed by atoms with Crippen molar-refractivity contribution in [2.75, 3.05) is 6.61 Å². The highest BCUT2D eigenvalue weighted by molar-refractivity contribution is 5.75. The molecule has 1 aromatic heterocycles. The average Bonchev–Trinajstić information content (AvgIpc) is 2.40. The molecule has 1 aromatic rings.